The molecule has 2 aliphatic rings. The fraction of sp³-hybridized carbons (Fsp3) is 0.917. The number of aliphatic hydroxyl groups excluding tert-OH is 3. The lowest BCUT2D eigenvalue weighted by Gasteiger charge is -2.43. The molecule has 0 aromatic heterocycles. The van der Waals surface area contributed by atoms with Crippen LogP contribution in [0.15, 0.2) is 0 Å². The van der Waals surface area contributed by atoms with Crippen molar-refractivity contribution < 1.29 is 20.1 Å². The highest BCUT2D eigenvalue weighted by Crippen LogP contribution is 2.23. The van der Waals surface area contributed by atoms with E-state index < -0.39 is 18.3 Å². The van der Waals surface area contributed by atoms with E-state index in [1.807, 2.05) is 11.8 Å². The predicted octanol–water partition coefficient (Wildman–Crippen LogP) is -1.75. The van der Waals surface area contributed by atoms with E-state index in [0.29, 0.717) is 12.5 Å². The lowest BCUT2D eigenvalue weighted by Crippen LogP contribution is -2.60. The second-order valence-electron chi connectivity index (χ2n) is 5.50. The van der Waals surface area contributed by atoms with Gasteiger partial charge in [0.1, 0.15) is 6.10 Å². The lowest BCUT2D eigenvalue weighted by atomic mass is 9.93. The molecule has 0 aliphatic carbocycles. The highest BCUT2D eigenvalue weighted by atomic mass is 16.4. The molecule has 0 spiro atoms. The number of likely N-dealkylation sites (tertiary alicyclic amines) is 2. The number of piperidine rings is 1. The van der Waals surface area contributed by atoms with Crippen molar-refractivity contribution in [3.05, 3.63) is 0 Å². The Hall–Kier alpha value is -0.690. The van der Waals surface area contributed by atoms with Gasteiger partial charge >= 0.3 is 0 Å². The number of nitrogens with zero attached hydrogens (tertiary/aromatic N) is 2. The molecule has 0 aromatic carbocycles. The summed E-state index contributed by atoms with van der Waals surface area (Å²) in [6.45, 7) is 4.49. The van der Waals surface area contributed by atoms with Crippen LogP contribution in [-0.2, 0) is 4.79 Å². The fourth-order valence-electron chi connectivity index (χ4n) is 2.92. The first-order chi connectivity index (χ1) is 8.52. The van der Waals surface area contributed by atoms with Gasteiger partial charge in [0.15, 0.2) is 0 Å². The Morgan fingerprint density at radius 2 is 1.94 bits per heavy atom. The average Bonchev–Trinajstić information content (AvgIpc) is 2.81. The van der Waals surface area contributed by atoms with Crippen LogP contribution in [-0.4, -0.2) is 82.1 Å². The minimum absolute atomic E-state index is 0.173. The number of carbonyl (C=O) groups excluding carboxylic acids is 1. The summed E-state index contributed by atoms with van der Waals surface area (Å²) in [6, 6.07) is -0.173. The fourth-order valence-corrected chi connectivity index (χ4v) is 2.92. The summed E-state index contributed by atoms with van der Waals surface area (Å²) >= 11 is 0. The number of amides is 1. The Bertz CT molecular complexity index is 302. The van der Waals surface area contributed by atoms with Crippen LogP contribution in [0.2, 0.25) is 0 Å². The van der Waals surface area contributed by atoms with Crippen LogP contribution in [0.4, 0.5) is 0 Å². The Kier molecular flexibility index (Phi) is 4.21. The maximum Gasteiger partial charge on any atom is 0.209 e. The van der Waals surface area contributed by atoms with Crippen molar-refractivity contribution in [1.82, 2.24) is 9.80 Å². The number of rotatable bonds is 3. The molecule has 2 saturated heterocycles. The number of hydrogen-bond donors (Lipinski definition) is 3. The van der Waals surface area contributed by atoms with Crippen LogP contribution < -0.4 is 0 Å². The summed E-state index contributed by atoms with van der Waals surface area (Å²) < 4.78 is 0. The first kappa shape index (κ1) is 13.7. The molecule has 2 fully saturated rings. The van der Waals surface area contributed by atoms with Gasteiger partial charge in [-0.05, 0) is 19.3 Å². The van der Waals surface area contributed by atoms with Crippen molar-refractivity contribution in [2.75, 3.05) is 26.2 Å². The zero-order chi connectivity index (χ0) is 13.3. The molecule has 3 N–H and O–H groups in total. The Morgan fingerprint density at radius 3 is 2.56 bits per heavy atom. The van der Waals surface area contributed by atoms with Crippen LogP contribution in [0.25, 0.3) is 0 Å². The van der Waals surface area contributed by atoms with Gasteiger partial charge in [0, 0.05) is 32.2 Å². The first-order valence-corrected chi connectivity index (χ1v) is 6.50. The van der Waals surface area contributed by atoms with Crippen LogP contribution in [0.1, 0.15) is 13.3 Å². The van der Waals surface area contributed by atoms with Crippen molar-refractivity contribution in [3.63, 3.8) is 0 Å². The minimum atomic E-state index is -1.06. The monoisotopic (exact) mass is 258 g/mol. The lowest BCUT2D eigenvalue weighted by molar-refractivity contribution is -0.135. The summed E-state index contributed by atoms with van der Waals surface area (Å²) in [4.78, 5) is 14.4. The molecular formula is C12H22N2O4. The van der Waals surface area contributed by atoms with E-state index in [4.69, 9.17) is 0 Å². The van der Waals surface area contributed by atoms with Crippen molar-refractivity contribution in [2.45, 2.75) is 37.7 Å². The van der Waals surface area contributed by atoms with Crippen molar-refractivity contribution in [1.29, 1.82) is 0 Å². The van der Waals surface area contributed by atoms with Gasteiger partial charge in [-0.1, -0.05) is 0 Å². The summed E-state index contributed by atoms with van der Waals surface area (Å²) in [5.41, 5.74) is 0. The van der Waals surface area contributed by atoms with E-state index in [-0.39, 0.29) is 6.04 Å². The Morgan fingerprint density at radius 1 is 1.22 bits per heavy atom. The molecule has 2 rings (SSSR count). The van der Waals surface area contributed by atoms with Crippen molar-refractivity contribution >= 4 is 6.41 Å². The minimum Gasteiger partial charge on any atom is -0.389 e. The molecule has 18 heavy (non-hydrogen) atoms. The topological polar surface area (TPSA) is 84.2 Å². The van der Waals surface area contributed by atoms with Crippen LogP contribution >= 0.6 is 0 Å². The maximum absolute atomic E-state index is 10.7. The molecule has 0 radical (unpaired) electrons. The van der Waals surface area contributed by atoms with Crippen molar-refractivity contribution in [3.8, 4) is 0 Å². The van der Waals surface area contributed by atoms with Gasteiger partial charge in [-0.3, -0.25) is 9.69 Å². The SMILES string of the molecule is C[C@@H]1[C@@H](O)[C@H](O)[C@@H](O)CN1CC1CCN(C=O)C1. The van der Waals surface area contributed by atoms with E-state index in [0.717, 1.165) is 32.5 Å². The molecule has 104 valence electrons. The van der Waals surface area contributed by atoms with Crippen LogP contribution in [0, 0.1) is 5.92 Å². The predicted molar refractivity (Wildman–Crippen MR) is 64.8 cm³/mol. The maximum atomic E-state index is 10.7. The smallest absolute Gasteiger partial charge is 0.209 e. The molecule has 5 atom stereocenters. The molecule has 2 heterocycles. The first-order valence-electron chi connectivity index (χ1n) is 6.50. The normalized spacial score (nSPS) is 42.2. The van der Waals surface area contributed by atoms with Gasteiger partial charge in [0.2, 0.25) is 6.41 Å². The Labute approximate surface area is 107 Å². The quantitative estimate of drug-likeness (QED) is 0.523. The number of carbonyl (C=O) groups is 1. The molecule has 0 bridgehead atoms. The third-order valence-corrected chi connectivity index (χ3v) is 4.19. The average molecular weight is 258 g/mol. The van der Waals surface area contributed by atoms with E-state index in [2.05, 4.69) is 0 Å². The van der Waals surface area contributed by atoms with Gasteiger partial charge in [0.25, 0.3) is 0 Å². The number of aliphatic hydroxyl groups is 3. The van der Waals surface area contributed by atoms with Crippen LogP contribution in [0.3, 0.4) is 0 Å². The Balaban J connectivity index is 1.91. The van der Waals surface area contributed by atoms with Gasteiger partial charge < -0.3 is 20.2 Å². The standard InChI is InChI=1S/C12H22N2O4/c1-8-11(17)12(18)10(16)6-14(8)5-9-2-3-13(4-9)7-15/h7-12,16-18H,2-6H2,1H3/t8-,9?,10+,11-,12-/m1/s1. The molecule has 6 heteroatoms. The summed E-state index contributed by atoms with van der Waals surface area (Å²) in [6.07, 6.45) is -1.06. The van der Waals surface area contributed by atoms with Gasteiger partial charge in [-0.2, -0.15) is 0 Å². The summed E-state index contributed by atoms with van der Waals surface area (Å²) in [5.74, 6) is 0.382. The molecular weight excluding hydrogens is 236 g/mol. The van der Waals surface area contributed by atoms with Gasteiger partial charge in [-0.25, -0.2) is 0 Å². The largest absolute Gasteiger partial charge is 0.389 e. The molecule has 1 unspecified atom stereocenters. The van der Waals surface area contributed by atoms with Gasteiger partial charge in [-0.15, -0.1) is 0 Å². The van der Waals surface area contributed by atoms with Crippen molar-refractivity contribution in [2.24, 2.45) is 5.92 Å². The molecule has 1 amide bonds. The molecule has 6 nitrogen and oxygen atoms in total. The highest BCUT2D eigenvalue weighted by molar-refractivity contribution is 5.47. The zero-order valence-electron chi connectivity index (χ0n) is 10.6. The number of β-amino-alcohol motifs (C(OH)–C–C–N with tert-alkyl or cyclic N) is 1. The van der Waals surface area contributed by atoms with Gasteiger partial charge in [0.05, 0.1) is 12.2 Å². The van der Waals surface area contributed by atoms with E-state index in [9.17, 15) is 20.1 Å². The second-order valence-corrected chi connectivity index (χ2v) is 5.50. The summed E-state index contributed by atoms with van der Waals surface area (Å²) in [7, 11) is 0. The second kappa shape index (κ2) is 5.52. The highest BCUT2D eigenvalue weighted by Gasteiger charge is 2.39. The molecule has 0 aromatic rings. The molecule has 0 saturated carbocycles. The summed E-state index contributed by atoms with van der Waals surface area (Å²) in [5, 5.41) is 29.1. The van der Waals surface area contributed by atoms with E-state index >= 15 is 0 Å². The molecule has 2 aliphatic heterocycles. The number of hydrogen-bond acceptors (Lipinski definition) is 5. The third kappa shape index (κ3) is 2.66. The van der Waals surface area contributed by atoms with E-state index in [1.54, 1.807) is 4.90 Å². The zero-order valence-corrected chi connectivity index (χ0v) is 10.6. The third-order valence-electron chi connectivity index (χ3n) is 4.19. The van der Waals surface area contributed by atoms with E-state index in [1.165, 1.54) is 0 Å². The van der Waals surface area contributed by atoms with Crippen LogP contribution in [0.5, 0.6) is 0 Å².